The average molecular weight is 1020 g/mol. The van der Waals surface area contributed by atoms with E-state index >= 15 is 0 Å². The number of hydrogen-bond donors (Lipinski definition) is 0. The first-order valence-corrected chi connectivity index (χ1v) is 30.3. The van der Waals surface area contributed by atoms with Gasteiger partial charge < -0.3 is 18.8 Å². The Hall–Kier alpha value is -3.69. The molecule has 5 aromatic rings. The first-order chi connectivity index (χ1) is 27.7. The molecule has 2 aliphatic heterocycles. The zero-order valence-corrected chi connectivity index (χ0v) is 40.1. The van der Waals surface area contributed by atoms with E-state index in [1.807, 2.05) is 46.1 Å². The van der Waals surface area contributed by atoms with Crippen LogP contribution in [0.5, 0.6) is 0 Å². The van der Waals surface area contributed by atoms with Gasteiger partial charge in [0.1, 0.15) is 29.2 Å². The number of carbonyl (C=O) groups excluding carboxylic acids is 2. The largest absolute Gasteiger partial charge is 0.343 e. The van der Waals surface area contributed by atoms with Crippen molar-refractivity contribution >= 4 is 76.3 Å². The minimum absolute atomic E-state index is 0.0790. The van der Waals surface area contributed by atoms with Crippen LogP contribution in [0.15, 0.2) is 55.4 Å². The van der Waals surface area contributed by atoms with Crippen LogP contribution in [0.25, 0.3) is 31.8 Å². The molecule has 0 N–H and O–H groups in total. The predicted octanol–water partition coefficient (Wildman–Crippen LogP) is 7.54. The van der Waals surface area contributed by atoms with Gasteiger partial charge in [-0.15, -0.1) is 39.7 Å². The van der Waals surface area contributed by atoms with Crippen molar-refractivity contribution < 1.29 is 31.4 Å². The Morgan fingerprint density at radius 3 is 1.74 bits per heavy atom. The molecule has 0 aliphatic carbocycles. The maximum absolute atomic E-state index is 12.6. The topological polar surface area (TPSA) is 198 Å². The molecule has 0 atom stereocenters. The minimum Gasteiger partial charge on any atom is -0.343 e. The van der Waals surface area contributed by atoms with E-state index in [-0.39, 0.29) is 36.7 Å². The summed E-state index contributed by atoms with van der Waals surface area (Å²) in [6, 6.07) is 7.86. The third-order valence-corrected chi connectivity index (χ3v) is 13.4. The molecule has 2 fully saturated rings. The van der Waals surface area contributed by atoms with Crippen molar-refractivity contribution in [3.05, 3.63) is 63.4 Å². The Kier molecular flexibility index (Phi) is 18.3. The monoisotopic (exact) mass is 1020 g/mol. The summed E-state index contributed by atoms with van der Waals surface area (Å²) in [6.45, 7) is 15.8. The van der Waals surface area contributed by atoms with Crippen molar-refractivity contribution in [2.24, 2.45) is 5.11 Å². The van der Waals surface area contributed by atoms with Gasteiger partial charge in [0, 0.05) is 49.1 Å². The standard InChI is InChI=1S/C18H24N6O2SSi.C13H14N6O2S.C5H10Si.Cu.HI/c1-28(2,3)15-11-24(22-20-15)12-16(25)23-8-6-13(7-9-23)18-19-17(21-26-18)14-5-4-10-27-14;14-18-15-8-11(20)19-5-3-9(4-6-19)13-16-12(17-21-13)10-2-1-7-22-10;1-5-6(2,3)4;;/h4-5,10-11,13H,6-9,12H2,1-3H3;1-2,7,9H,3-6,8H2;1H,2-4H3;;1H/q;;;+1;/p-1. The number of halogens is 1. The second-order valence-corrected chi connectivity index (χ2v) is 27.2. The van der Waals surface area contributed by atoms with Crippen molar-refractivity contribution in [2.45, 2.75) is 83.3 Å². The van der Waals surface area contributed by atoms with E-state index in [1.165, 1.54) is 0 Å². The molecule has 2 amide bonds. The Bertz CT molecular complexity index is 2100. The number of amides is 2. The van der Waals surface area contributed by atoms with Crippen LogP contribution in [0.4, 0.5) is 0 Å². The van der Waals surface area contributed by atoms with Gasteiger partial charge in [-0.25, -0.2) is 4.68 Å². The summed E-state index contributed by atoms with van der Waals surface area (Å²) in [4.78, 5) is 41.6. The number of terminal acetylenes is 1. The summed E-state index contributed by atoms with van der Waals surface area (Å²) >= 11 is 9.04. The SMILES string of the molecule is C#C[Si](C)(C)C.C[Si](C)(C)c1cn(CC(=O)N2CCC(c3nc(-c4cccs4)no3)CC2)nn1.[Cu][I].[N-]=[N+]=NCC(=O)N1CCC(c2nc(-c3cccs3)no2)CC1. The minimum atomic E-state index is -1.51. The van der Waals surface area contributed by atoms with E-state index in [0.29, 0.717) is 49.6 Å². The van der Waals surface area contributed by atoms with Crippen LogP contribution in [0, 0.1) is 12.0 Å². The van der Waals surface area contributed by atoms with Gasteiger partial charge in [0.15, 0.2) is 0 Å². The quantitative estimate of drug-likeness (QED) is 0.0355. The van der Waals surface area contributed by atoms with Gasteiger partial charge in [-0.1, -0.05) is 72.1 Å². The molecule has 5 aromatic heterocycles. The number of thiophene rings is 2. The molecular weight excluding hydrogens is 975 g/mol. The van der Waals surface area contributed by atoms with E-state index in [4.69, 9.17) is 21.0 Å². The summed E-state index contributed by atoms with van der Waals surface area (Å²) in [5, 5.41) is 24.8. The average Bonchev–Trinajstić information content (AvgIpc) is 4.07. The fourth-order valence-electron chi connectivity index (χ4n) is 5.72. The zero-order chi connectivity index (χ0) is 42.3. The van der Waals surface area contributed by atoms with E-state index < -0.39 is 16.1 Å². The van der Waals surface area contributed by atoms with E-state index in [2.05, 4.69) is 98.2 Å². The molecule has 314 valence electrons. The molecule has 0 spiro atoms. The molecular formula is C36H48CuIN12O4S2Si2. The van der Waals surface area contributed by atoms with Crippen molar-refractivity contribution in [1.82, 2.24) is 45.1 Å². The molecule has 0 aromatic carbocycles. The van der Waals surface area contributed by atoms with E-state index in [1.54, 1.807) is 52.6 Å². The van der Waals surface area contributed by atoms with Gasteiger partial charge in [-0.2, -0.15) is 9.97 Å². The number of piperidine rings is 2. The third-order valence-electron chi connectivity index (χ3n) is 9.07. The number of likely N-dealkylation sites (tertiary alicyclic amines) is 2. The van der Waals surface area contributed by atoms with Gasteiger partial charge in [0.05, 0.1) is 15.1 Å². The van der Waals surface area contributed by atoms with Crippen LogP contribution < -0.4 is 5.32 Å². The molecule has 0 unspecified atom stereocenters. The fraction of sp³-hybridized carbons (Fsp3) is 0.500. The van der Waals surface area contributed by atoms with Gasteiger partial charge in [0.25, 0.3) is 0 Å². The number of carbonyl (C=O) groups is 2. The van der Waals surface area contributed by atoms with Crippen molar-refractivity contribution in [2.75, 3.05) is 32.7 Å². The normalized spacial score (nSPS) is 14.8. The molecule has 0 saturated carbocycles. The van der Waals surface area contributed by atoms with Crippen molar-refractivity contribution in [3.63, 3.8) is 0 Å². The second-order valence-electron chi connectivity index (χ2n) is 15.5. The molecule has 16 nitrogen and oxygen atoms in total. The summed E-state index contributed by atoms with van der Waals surface area (Å²) in [5.74, 6) is 2.88. The number of hydrogen-bond acceptors (Lipinski definition) is 13. The molecule has 7 heterocycles. The summed E-state index contributed by atoms with van der Waals surface area (Å²) in [7, 11) is -2.61. The molecule has 58 heavy (non-hydrogen) atoms. The molecule has 2 saturated heterocycles. The smallest absolute Gasteiger partial charge is 0.230 e. The Morgan fingerprint density at radius 2 is 1.36 bits per heavy atom. The second kappa shape index (κ2) is 22.6. The molecule has 0 bridgehead atoms. The van der Waals surface area contributed by atoms with E-state index in [0.717, 1.165) is 40.8 Å². The van der Waals surface area contributed by atoms with Crippen LogP contribution in [0.1, 0.15) is 49.3 Å². The molecule has 2 aliphatic rings. The van der Waals surface area contributed by atoms with Crippen molar-refractivity contribution in [1.29, 1.82) is 0 Å². The van der Waals surface area contributed by atoms with Crippen LogP contribution >= 0.6 is 43.0 Å². The number of nitrogens with zero attached hydrogens (tertiary/aromatic N) is 12. The Balaban J connectivity index is 0.000000221. The number of aromatic nitrogens is 7. The van der Waals surface area contributed by atoms with Crippen molar-refractivity contribution in [3.8, 4) is 33.4 Å². The van der Waals surface area contributed by atoms with E-state index in [9.17, 15) is 9.59 Å². The van der Waals surface area contributed by atoms with Crippen LogP contribution in [0.3, 0.4) is 0 Å². The van der Waals surface area contributed by atoms with Crippen LogP contribution in [-0.2, 0) is 28.9 Å². The van der Waals surface area contributed by atoms with Crippen LogP contribution in [0.2, 0.25) is 39.3 Å². The molecule has 0 radical (unpaired) electrons. The summed E-state index contributed by atoms with van der Waals surface area (Å²) < 4.78 is 12.5. The number of azide groups is 1. The number of rotatable bonds is 9. The molecule has 7 rings (SSSR count). The van der Waals surface area contributed by atoms with Crippen LogP contribution in [-0.4, -0.2) is 106 Å². The van der Waals surface area contributed by atoms with Gasteiger partial charge in [0.2, 0.25) is 35.2 Å². The van der Waals surface area contributed by atoms with Gasteiger partial charge >= 0.3 is 33.1 Å². The fourth-order valence-corrected chi connectivity index (χ4v) is 7.89. The Morgan fingerprint density at radius 1 is 0.897 bits per heavy atom. The Labute approximate surface area is 368 Å². The maximum Gasteiger partial charge on any atom is 0.230 e. The third kappa shape index (κ3) is 14.3. The summed E-state index contributed by atoms with van der Waals surface area (Å²) in [6.07, 6.45) is 10.2. The summed E-state index contributed by atoms with van der Waals surface area (Å²) in [5.41, 5.74) is 11.0. The van der Waals surface area contributed by atoms with Gasteiger partial charge in [-0.05, 0) is 54.1 Å². The maximum atomic E-state index is 12.6. The first kappa shape index (κ1) is 47.0. The molecule has 22 heteroatoms. The first-order valence-electron chi connectivity index (χ1n) is 18.5. The zero-order valence-electron chi connectivity index (χ0n) is 33.3. The van der Waals surface area contributed by atoms with Gasteiger partial charge in [-0.3, -0.25) is 9.59 Å². The predicted molar refractivity (Wildman–Crippen MR) is 236 cm³/mol.